The zero-order chi connectivity index (χ0) is 18.8. The van der Waals surface area contributed by atoms with Gasteiger partial charge in [-0.3, -0.25) is 9.59 Å². The van der Waals surface area contributed by atoms with E-state index < -0.39 is 0 Å². The molecule has 0 spiro atoms. The fourth-order valence-corrected chi connectivity index (χ4v) is 3.80. The molecular formula is C18H21N5O2S. The predicted octanol–water partition coefficient (Wildman–Crippen LogP) is 2.39. The number of Topliss-reactive ketones (excluding diaryl/α,β-unsaturated/α-hetero) is 1. The van der Waals surface area contributed by atoms with Crippen LogP contribution in [0.25, 0.3) is 10.9 Å². The van der Waals surface area contributed by atoms with E-state index in [1.807, 2.05) is 45.2 Å². The third kappa shape index (κ3) is 3.50. The van der Waals surface area contributed by atoms with Crippen LogP contribution in [0.2, 0.25) is 0 Å². The van der Waals surface area contributed by atoms with Crippen molar-refractivity contribution in [3.05, 3.63) is 41.3 Å². The Kier molecular flexibility index (Phi) is 5.13. The molecule has 136 valence electrons. The Morgan fingerprint density at radius 2 is 2.04 bits per heavy atom. The van der Waals surface area contributed by atoms with Gasteiger partial charge in [0, 0.05) is 42.0 Å². The summed E-state index contributed by atoms with van der Waals surface area (Å²) in [6.07, 6.45) is 0.656. The second kappa shape index (κ2) is 7.33. The highest BCUT2D eigenvalue weighted by Crippen LogP contribution is 2.29. The van der Waals surface area contributed by atoms with Crippen LogP contribution in [-0.4, -0.2) is 36.7 Å². The number of hydrogen-bond acceptors (Lipinski definition) is 5. The van der Waals surface area contributed by atoms with Gasteiger partial charge in [0.25, 0.3) is 0 Å². The number of benzene rings is 1. The average Bonchev–Trinajstić information content (AvgIpc) is 3.11. The van der Waals surface area contributed by atoms with Crippen LogP contribution in [0.15, 0.2) is 29.4 Å². The second-order valence-corrected chi connectivity index (χ2v) is 7.53. The van der Waals surface area contributed by atoms with E-state index in [0.717, 1.165) is 22.2 Å². The van der Waals surface area contributed by atoms with E-state index in [4.69, 9.17) is 5.73 Å². The molecule has 7 nitrogen and oxygen atoms in total. The molecule has 0 aliphatic rings. The summed E-state index contributed by atoms with van der Waals surface area (Å²) in [5, 5.41) is 9.50. The number of rotatable bonds is 7. The van der Waals surface area contributed by atoms with E-state index in [1.165, 1.54) is 11.8 Å². The van der Waals surface area contributed by atoms with Crippen LogP contribution in [0.5, 0.6) is 0 Å². The molecule has 2 aromatic heterocycles. The van der Waals surface area contributed by atoms with Gasteiger partial charge in [0.05, 0.1) is 5.25 Å². The molecule has 0 fully saturated rings. The molecule has 26 heavy (non-hydrogen) atoms. The lowest BCUT2D eigenvalue weighted by Crippen LogP contribution is -2.15. The summed E-state index contributed by atoms with van der Waals surface area (Å²) in [6, 6.07) is 7.79. The van der Waals surface area contributed by atoms with Crippen LogP contribution < -0.4 is 5.73 Å². The quantitative estimate of drug-likeness (QED) is 0.490. The molecule has 2 heterocycles. The monoisotopic (exact) mass is 371 g/mol. The largest absolute Gasteiger partial charge is 0.370 e. The summed E-state index contributed by atoms with van der Waals surface area (Å²) in [6.45, 7) is 3.78. The zero-order valence-electron chi connectivity index (χ0n) is 14.9. The van der Waals surface area contributed by atoms with Crippen molar-refractivity contribution in [2.45, 2.75) is 37.1 Å². The lowest BCUT2D eigenvalue weighted by Gasteiger charge is -2.10. The number of aryl methyl sites for hydroxylation is 2. The molecule has 0 radical (unpaired) electrons. The smallest absolute Gasteiger partial charge is 0.217 e. The molecule has 0 saturated carbocycles. The maximum atomic E-state index is 13.0. The van der Waals surface area contributed by atoms with E-state index in [0.29, 0.717) is 17.4 Å². The molecule has 0 bridgehead atoms. The number of hydrogen-bond donors (Lipinski definition) is 2. The van der Waals surface area contributed by atoms with Crippen molar-refractivity contribution in [1.29, 1.82) is 0 Å². The first kappa shape index (κ1) is 18.2. The topological polar surface area (TPSA) is 107 Å². The van der Waals surface area contributed by atoms with Crippen molar-refractivity contribution in [2.24, 2.45) is 12.8 Å². The van der Waals surface area contributed by atoms with Crippen LogP contribution in [-0.2, 0) is 18.3 Å². The van der Waals surface area contributed by atoms with Gasteiger partial charge in [0.2, 0.25) is 5.91 Å². The number of nitrogens with one attached hydrogen (secondary N) is 1. The molecule has 0 saturated heterocycles. The van der Waals surface area contributed by atoms with Crippen LogP contribution in [0.1, 0.15) is 35.2 Å². The molecule has 1 atom stereocenters. The van der Waals surface area contributed by atoms with Crippen LogP contribution in [0.3, 0.4) is 0 Å². The number of ketones is 1. The second-order valence-electron chi connectivity index (χ2n) is 6.22. The molecule has 1 amide bonds. The average molecular weight is 371 g/mol. The van der Waals surface area contributed by atoms with Crippen LogP contribution in [0, 0.1) is 6.92 Å². The van der Waals surface area contributed by atoms with Crippen molar-refractivity contribution < 1.29 is 9.59 Å². The molecule has 8 heteroatoms. The lowest BCUT2D eigenvalue weighted by atomic mass is 10.1. The van der Waals surface area contributed by atoms with Crippen molar-refractivity contribution in [3.8, 4) is 0 Å². The fraction of sp³-hybridized carbons (Fsp3) is 0.333. The van der Waals surface area contributed by atoms with Gasteiger partial charge >= 0.3 is 0 Å². The Balaban J connectivity index is 1.79. The Bertz CT molecular complexity index is 975. The minimum Gasteiger partial charge on any atom is -0.370 e. The van der Waals surface area contributed by atoms with Gasteiger partial charge < -0.3 is 15.3 Å². The first-order valence-corrected chi connectivity index (χ1v) is 9.21. The number of aromatic amines is 1. The number of fused-ring (bicyclic) bond motifs is 1. The number of nitrogens with zero attached hydrogens (tertiary/aromatic N) is 3. The number of amides is 1. The van der Waals surface area contributed by atoms with Crippen LogP contribution >= 0.6 is 11.8 Å². The Morgan fingerprint density at radius 1 is 1.31 bits per heavy atom. The van der Waals surface area contributed by atoms with Crippen molar-refractivity contribution in [2.75, 3.05) is 0 Å². The van der Waals surface area contributed by atoms with Gasteiger partial charge in [-0.1, -0.05) is 30.0 Å². The molecule has 3 N–H and O–H groups in total. The summed E-state index contributed by atoms with van der Waals surface area (Å²) in [4.78, 5) is 27.2. The zero-order valence-corrected chi connectivity index (χ0v) is 15.8. The molecule has 3 aromatic rings. The SMILES string of the molecule is Cc1[nH]c2ccccc2c1C(=O)[C@H](C)Sc1nnc(CCC(N)=O)n1C. The van der Waals surface area contributed by atoms with E-state index >= 15 is 0 Å². The van der Waals surface area contributed by atoms with Gasteiger partial charge in [-0.25, -0.2) is 0 Å². The molecular weight excluding hydrogens is 350 g/mol. The van der Waals surface area contributed by atoms with Gasteiger partial charge in [-0.15, -0.1) is 10.2 Å². The maximum absolute atomic E-state index is 13.0. The van der Waals surface area contributed by atoms with Gasteiger partial charge in [0.1, 0.15) is 5.82 Å². The summed E-state index contributed by atoms with van der Waals surface area (Å²) < 4.78 is 1.81. The lowest BCUT2D eigenvalue weighted by molar-refractivity contribution is -0.118. The van der Waals surface area contributed by atoms with E-state index in [9.17, 15) is 9.59 Å². The number of para-hydroxylation sites is 1. The number of nitrogens with two attached hydrogens (primary N) is 1. The highest BCUT2D eigenvalue weighted by molar-refractivity contribution is 8.00. The molecule has 0 aliphatic carbocycles. The number of carbonyl (C=O) groups is 2. The van der Waals surface area contributed by atoms with E-state index in [-0.39, 0.29) is 23.4 Å². The number of primary amides is 1. The summed E-state index contributed by atoms with van der Waals surface area (Å²) in [5.74, 6) is 0.349. The van der Waals surface area contributed by atoms with Crippen LogP contribution in [0.4, 0.5) is 0 Å². The van der Waals surface area contributed by atoms with E-state index in [2.05, 4.69) is 15.2 Å². The summed E-state index contributed by atoms with van der Waals surface area (Å²) in [5.41, 5.74) is 7.72. The minimum absolute atomic E-state index is 0.0478. The number of thioether (sulfide) groups is 1. The standard InChI is InChI=1S/C18H21N5O2S/c1-10-16(12-6-4-5-7-13(12)20-10)17(25)11(2)26-18-22-21-15(23(18)3)9-8-14(19)24/h4-7,11,20H,8-9H2,1-3H3,(H2,19,24)/t11-/m0/s1. The maximum Gasteiger partial charge on any atom is 0.217 e. The summed E-state index contributed by atoms with van der Waals surface area (Å²) in [7, 11) is 1.83. The first-order chi connectivity index (χ1) is 12.4. The van der Waals surface area contributed by atoms with Crippen molar-refractivity contribution in [3.63, 3.8) is 0 Å². The highest BCUT2D eigenvalue weighted by atomic mass is 32.2. The number of H-pyrrole nitrogens is 1. The third-order valence-electron chi connectivity index (χ3n) is 4.31. The first-order valence-electron chi connectivity index (χ1n) is 8.33. The third-order valence-corrected chi connectivity index (χ3v) is 5.45. The van der Waals surface area contributed by atoms with Gasteiger partial charge in [-0.2, -0.15) is 0 Å². The molecule has 3 rings (SSSR count). The van der Waals surface area contributed by atoms with E-state index in [1.54, 1.807) is 4.57 Å². The minimum atomic E-state index is -0.374. The Hall–Kier alpha value is -2.61. The molecule has 0 aliphatic heterocycles. The molecule has 0 unspecified atom stereocenters. The van der Waals surface area contributed by atoms with Gasteiger partial charge in [-0.05, 0) is 19.9 Å². The Morgan fingerprint density at radius 3 is 2.77 bits per heavy atom. The fourth-order valence-electron chi connectivity index (χ4n) is 2.91. The van der Waals surface area contributed by atoms with Crippen molar-refractivity contribution >= 4 is 34.4 Å². The normalized spacial score (nSPS) is 12.4. The molecule has 1 aromatic carbocycles. The number of aromatic nitrogens is 4. The van der Waals surface area contributed by atoms with Crippen molar-refractivity contribution in [1.82, 2.24) is 19.7 Å². The number of carbonyl (C=O) groups excluding carboxylic acids is 2. The highest BCUT2D eigenvalue weighted by Gasteiger charge is 2.24. The summed E-state index contributed by atoms with van der Waals surface area (Å²) >= 11 is 1.36. The van der Waals surface area contributed by atoms with Gasteiger partial charge in [0.15, 0.2) is 10.9 Å². The predicted molar refractivity (Wildman–Crippen MR) is 101 cm³/mol. The Labute approximate surface area is 155 Å².